The summed E-state index contributed by atoms with van der Waals surface area (Å²) in [5.74, 6) is -2.22. The van der Waals surface area contributed by atoms with Crippen molar-refractivity contribution in [3.05, 3.63) is 35.4 Å². The Hall–Kier alpha value is -1.49. The third kappa shape index (κ3) is 2.51. The van der Waals surface area contributed by atoms with E-state index in [1.165, 1.54) is 0 Å². The van der Waals surface area contributed by atoms with Crippen molar-refractivity contribution in [3.8, 4) is 0 Å². The van der Waals surface area contributed by atoms with Gasteiger partial charge in [0.1, 0.15) is 11.6 Å². The molecular weight excluding hydrogens is 240 g/mol. The number of hydrogen-bond acceptors (Lipinski definition) is 2. The molecule has 0 atom stereocenters. The van der Waals surface area contributed by atoms with E-state index >= 15 is 0 Å². The second kappa shape index (κ2) is 5.02. The molecule has 0 radical (unpaired) electrons. The molecule has 1 amide bonds. The standard InChI is InChI=1S/C13H15F2NO2/c14-9-3-4-10(11(15)7-9)12(18)16-13(8-17)5-1-2-6-13/h3-4,7,17H,1-2,5-6,8H2,(H,16,18). The fraction of sp³-hybridized carbons (Fsp3) is 0.462. The first-order chi connectivity index (χ1) is 8.56. The lowest BCUT2D eigenvalue weighted by Crippen LogP contribution is -2.49. The van der Waals surface area contributed by atoms with E-state index in [1.807, 2.05) is 0 Å². The molecule has 98 valence electrons. The third-order valence-corrected chi connectivity index (χ3v) is 3.42. The average Bonchev–Trinajstić information content (AvgIpc) is 2.78. The topological polar surface area (TPSA) is 49.3 Å². The summed E-state index contributed by atoms with van der Waals surface area (Å²) in [7, 11) is 0. The molecule has 1 aliphatic rings. The molecule has 0 aliphatic heterocycles. The molecule has 2 rings (SSSR count). The predicted molar refractivity (Wildman–Crippen MR) is 62.1 cm³/mol. The van der Waals surface area contributed by atoms with Gasteiger partial charge in [0.05, 0.1) is 17.7 Å². The molecule has 1 fully saturated rings. The van der Waals surface area contributed by atoms with Crippen LogP contribution in [-0.2, 0) is 0 Å². The van der Waals surface area contributed by atoms with Crippen molar-refractivity contribution in [3.63, 3.8) is 0 Å². The number of aliphatic hydroxyl groups is 1. The van der Waals surface area contributed by atoms with Gasteiger partial charge in [-0.3, -0.25) is 4.79 Å². The van der Waals surface area contributed by atoms with Crippen LogP contribution in [-0.4, -0.2) is 23.2 Å². The van der Waals surface area contributed by atoms with E-state index in [0.717, 1.165) is 25.0 Å². The summed E-state index contributed by atoms with van der Waals surface area (Å²) in [6.45, 7) is -0.165. The fourth-order valence-electron chi connectivity index (χ4n) is 2.36. The highest BCUT2D eigenvalue weighted by Gasteiger charge is 2.35. The van der Waals surface area contributed by atoms with Crippen molar-refractivity contribution in [1.29, 1.82) is 0 Å². The summed E-state index contributed by atoms with van der Waals surface area (Å²) in [6.07, 6.45) is 3.20. The van der Waals surface area contributed by atoms with Gasteiger partial charge in [-0.1, -0.05) is 12.8 Å². The molecule has 0 heterocycles. The quantitative estimate of drug-likeness (QED) is 0.868. The summed E-state index contributed by atoms with van der Waals surface area (Å²) < 4.78 is 26.2. The molecule has 18 heavy (non-hydrogen) atoms. The van der Waals surface area contributed by atoms with Gasteiger partial charge in [-0.15, -0.1) is 0 Å². The molecular formula is C13H15F2NO2. The van der Waals surface area contributed by atoms with Gasteiger partial charge in [0.25, 0.3) is 5.91 Å². The Kier molecular flexibility index (Phi) is 3.61. The Morgan fingerprint density at radius 3 is 2.56 bits per heavy atom. The molecule has 2 N–H and O–H groups in total. The molecule has 1 aromatic rings. The molecule has 1 saturated carbocycles. The van der Waals surface area contributed by atoms with Crippen molar-refractivity contribution in [2.45, 2.75) is 31.2 Å². The maximum atomic E-state index is 13.4. The lowest BCUT2D eigenvalue weighted by molar-refractivity contribution is 0.0834. The molecule has 0 spiro atoms. The zero-order chi connectivity index (χ0) is 13.2. The van der Waals surface area contributed by atoms with Crippen molar-refractivity contribution < 1.29 is 18.7 Å². The van der Waals surface area contributed by atoms with Gasteiger partial charge in [0, 0.05) is 6.07 Å². The van der Waals surface area contributed by atoms with Crippen LogP contribution in [0.1, 0.15) is 36.0 Å². The molecule has 3 nitrogen and oxygen atoms in total. The van der Waals surface area contributed by atoms with Gasteiger partial charge in [-0.2, -0.15) is 0 Å². The number of nitrogens with one attached hydrogen (secondary N) is 1. The van der Waals surface area contributed by atoms with Crippen LogP contribution < -0.4 is 5.32 Å². The first-order valence-corrected chi connectivity index (χ1v) is 5.95. The number of hydrogen-bond donors (Lipinski definition) is 2. The Morgan fingerprint density at radius 1 is 1.33 bits per heavy atom. The number of benzene rings is 1. The van der Waals surface area contributed by atoms with Crippen LogP contribution >= 0.6 is 0 Å². The second-order valence-corrected chi connectivity index (χ2v) is 4.72. The van der Waals surface area contributed by atoms with Crippen molar-refractivity contribution in [2.24, 2.45) is 0 Å². The fourth-order valence-corrected chi connectivity index (χ4v) is 2.36. The van der Waals surface area contributed by atoms with Crippen molar-refractivity contribution >= 4 is 5.91 Å². The van der Waals surface area contributed by atoms with E-state index in [-0.39, 0.29) is 12.2 Å². The summed E-state index contributed by atoms with van der Waals surface area (Å²) in [5.41, 5.74) is -0.853. The van der Waals surface area contributed by atoms with Gasteiger partial charge in [0.2, 0.25) is 0 Å². The van der Waals surface area contributed by atoms with Crippen LogP contribution in [0.25, 0.3) is 0 Å². The molecule has 5 heteroatoms. The van der Waals surface area contributed by atoms with Crippen LogP contribution in [0.2, 0.25) is 0 Å². The van der Waals surface area contributed by atoms with Crippen LogP contribution in [0.3, 0.4) is 0 Å². The minimum absolute atomic E-state index is 0.165. The molecule has 0 aromatic heterocycles. The monoisotopic (exact) mass is 255 g/mol. The molecule has 0 bridgehead atoms. The van der Waals surface area contributed by atoms with Gasteiger partial charge in [-0.05, 0) is 25.0 Å². The Balaban J connectivity index is 2.16. The molecule has 0 unspecified atom stereocenters. The number of aliphatic hydroxyl groups excluding tert-OH is 1. The zero-order valence-electron chi connectivity index (χ0n) is 9.88. The minimum atomic E-state index is -0.890. The van der Waals surface area contributed by atoms with Crippen molar-refractivity contribution in [2.75, 3.05) is 6.61 Å². The number of amides is 1. The highest BCUT2D eigenvalue weighted by molar-refractivity contribution is 5.95. The maximum absolute atomic E-state index is 13.4. The number of halogens is 2. The van der Waals surface area contributed by atoms with Crippen LogP contribution in [0.4, 0.5) is 8.78 Å². The van der Waals surface area contributed by atoms with E-state index in [9.17, 15) is 18.7 Å². The van der Waals surface area contributed by atoms with E-state index in [4.69, 9.17) is 0 Å². The lowest BCUT2D eigenvalue weighted by atomic mass is 9.98. The Bertz CT molecular complexity index is 456. The average molecular weight is 255 g/mol. The highest BCUT2D eigenvalue weighted by Crippen LogP contribution is 2.29. The van der Waals surface area contributed by atoms with Gasteiger partial charge in [0.15, 0.2) is 0 Å². The van der Waals surface area contributed by atoms with Gasteiger partial charge in [-0.25, -0.2) is 8.78 Å². The van der Waals surface area contributed by atoms with Crippen LogP contribution in [0.15, 0.2) is 18.2 Å². The van der Waals surface area contributed by atoms with E-state index in [0.29, 0.717) is 18.9 Å². The first kappa shape index (κ1) is 13.0. The largest absolute Gasteiger partial charge is 0.394 e. The normalized spacial score (nSPS) is 17.7. The zero-order valence-corrected chi connectivity index (χ0v) is 9.88. The smallest absolute Gasteiger partial charge is 0.254 e. The predicted octanol–water partition coefficient (Wildman–Crippen LogP) is 2.00. The summed E-state index contributed by atoms with van der Waals surface area (Å²) in [4.78, 5) is 11.9. The molecule has 1 aromatic carbocycles. The molecule has 0 saturated heterocycles. The lowest BCUT2D eigenvalue weighted by Gasteiger charge is -2.28. The summed E-state index contributed by atoms with van der Waals surface area (Å²) in [5, 5.41) is 12.0. The summed E-state index contributed by atoms with van der Waals surface area (Å²) in [6, 6.07) is 2.83. The second-order valence-electron chi connectivity index (χ2n) is 4.72. The highest BCUT2D eigenvalue weighted by atomic mass is 19.1. The number of carbonyl (C=O) groups is 1. The minimum Gasteiger partial charge on any atom is -0.394 e. The Morgan fingerprint density at radius 2 is 2.00 bits per heavy atom. The number of rotatable bonds is 3. The molecule has 1 aliphatic carbocycles. The first-order valence-electron chi connectivity index (χ1n) is 5.95. The van der Waals surface area contributed by atoms with E-state index in [1.54, 1.807) is 0 Å². The van der Waals surface area contributed by atoms with Crippen molar-refractivity contribution in [1.82, 2.24) is 5.32 Å². The SMILES string of the molecule is O=C(NC1(CO)CCCC1)c1ccc(F)cc1F. The van der Waals surface area contributed by atoms with Gasteiger partial charge < -0.3 is 10.4 Å². The maximum Gasteiger partial charge on any atom is 0.254 e. The third-order valence-electron chi connectivity index (χ3n) is 3.42. The van der Waals surface area contributed by atoms with Crippen LogP contribution in [0.5, 0.6) is 0 Å². The van der Waals surface area contributed by atoms with E-state index < -0.39 is 23.1 Å². The number of carbonyl (C=O) groups excluding carboxylic acids is 1. The van der Waals surface area contributed by atoms with E-state index in [2.05, 4.69) is 5.32 Å². The summed E-state index contributed by atoms with van der Waals surface area (Å²) >= 11 is 0. The van der Waals surface area contributed by atoms with Gasteiger partial charge >= 0.3 is 0 Å². The Labute approximate surface area is 104 Å². The van der Waals surface area contributed by atoms with Crippen LogP contribution in [0, 0.1) is 11.6 Å².